The van der Waals surface area contributed by atoms with Crippen LogP contribution in [0.15, 0.2) is 30.3 Å². The number of hydrogen-bond acceptors (Lipinski definition) is 4. The van der Waals surface area contributed by atoms with Crippen molar-refractivity contribution in [3.8, 4) is 0 Å². The van der Waals surface area contributed by atoms with Gasteiger partial charge < -0.3 is 15.3 Å². The van der Waals surface area contributed by atoms with Gasteiger partial charge in [0.15, 0.2) is 0 Å². The van der Waals surface area contributed by atoms with Gasteiger partial charge >= 0.3 is 0 Å². The van der Waals surface area contributed by atoms with Crippen LogP contribution in [0, 0.1) is 0 Å². The quantitative estimate of drug-likeness (QED) is 0.800. The molecule has 0 spiro atoms. The second-order valence-corrected chi connectivity index (χ2v) is 5.87. The molecule has 116 valence electrons. The van der Waals surface area contributed by atoms with E-state index in [1.807, 2.05) is 37.2 Å². The van der Waals surface area contributed by atoms with Gasteiger partial charge in [-0.25, -0.2) is 0 Å². The van der Waals surface area contributed by atoms with Crippen molar-refractivity contribution in [2.45, 2.75) is 18.6 Å². The fourth-order valence-corrected chi connectivity index (χ4v) is 2.70. The lowest BCUT2D eigenvalue weighted by atomic mass is 10.1. The van der Waals surface area contributed by atoms with Crippen molar-refractivity contribution in [3.63, 3.8) is 0 Å². The molecule has 0 aliphatic carbocycles. The first-order valence-electron chi connectivity index (χ1n) is 7.44. The Hall–Kier alpha value is -1.43. The van der Waals surface area contributed by atoms with E-state index in [9.17, 15) is 9.90 Å². The maximum absolute atomic E-state index is 12.0. The second-order valence-electron chi connectivity index (χ2n) is 5.87. The number of aliphatic hydroxyl groups is 1. The molecule has 1 aromatic rings. The fourth-order valence-electron chi connectivity index (χ4n) is 2.70. The topological polar surface area (TPSA) is 55.8 Å². The summed E-state index contributed by atoms with van der Waals surface area (Å²) in [7, 11) is 4.03. The summed E-state index contributed by atoms with van der Waals surface area (Å²) < 4.78 is 0. The van der Waals surface area contributed by atoms with Crippen molar-refractivity contribution < 1.29 is 9.90 Å². The Morgan fingerprint density at radius 1 is 1.43 bits per heavy atom. The summed E-state index contributed by atoms with van der Waals surface area (Å²) in [5, 5.41) is 12.5. The van der Waals surface area contributed by atoms with Crippen molar-refractivity contribution in [3.05, 3.63) is 35.9 Å². The molecule has 5 heteroatoms. The molecule has 2 unspecified atom stereocenters. The number of carbonyl (C=O) groups excluding carboxylic acids is 1. The van der Waals surface area contributed by atoms with Gasteiger partial charge in [-0.15, -0.1) is 0 Å². The van der Waals surface area contributed by atoms with Gasteiger partial charge in [-0.1, -0.05) is 30.3 Å². The summed E-state index contributed by atoms with van der Waals surface area (Å²) >= 11 is 0. The molecule has 5 nitrogen and oxygen atoms in total. The van der Waals surface area contributed by atoms with Crippen LogP contribution in [0.3, 0.4) is 0 Å². The normalized spacial score (nSPS) is 20.7. The number of aliphatic hydroxyl groups excluding tert-OH is 1. The molecule has 1 heterocycles. The molecule has 1 aliphatic heterocycles. The largest absolute Gasteiger partial charge is 0.392 e. The predicted molar refractivity (Wildman–Crippen MR) is 82.9 cm³/mol. The summed E-state index contributed by atoms with van der Waals surface area (Å²) in [6.07, 6.45) is 0.481. The van der Waals surface area contributed by atoms with Crippen LogP contribution in [0.4, 0.5) is 0 Å². The number of nitrogens with one attached hydrogen (secondary N) is 1. The van der Waals surface area contributed by atoms with Gasteiger partial charge in [0.2, 0.25) is 5.91 Å². The van der Waals surface area contributed by atoms with Crippen molar-refractivity contribution >= 4 is 5.91 Å². The minimum absolute atomic E-state index is 0.0203. The van der Waals surface area contributed by atoms with E-state index in [-0.39, 0.29) is 18.1 Å². The van der Waals surface area contributed by atoms with Gasteiger partial charge in [0.05, 0.1) is 18.7 Å². The molecule has 0 saturated carbocycles. The lowest BCUT2D eigenvalue weighted by Crippen LogP contribution is -2.40. The Kier molecular flexibility index (Phi) is 5.73. The molecular weight excluding hydrogens is 266 g/mol. The number of amides is 1. The van der Waals surface area contributed by atoms with Crippen molar-refractivity contribution in [2.75, 3.05) is 40.3 Å². The molecule has 2 N–H and O–H groups in total. The van der Waals surface area contributed by atoms with Gasteiger partial charge in [0.1, 0.15) is 0 Å². The van der Waals surface area contributed by atoms with Crippen molar-refractivity contribution in [1.82, 2.24) is 15.1 Å². The van der Waals surface area contributed by atoms with Crippen LogP contribution >= 0.6 is 0 Å². The number of rotatable bonds is 6. The highest BCUT2D eigenvalue weighted by Gasteiger charge is 2.22. The Morgan fingerprint density at radius 2 is 2.14 bits per heavy atom. The molecule has 2 rings (SSSR count). The van der Waals surface area contributed by atoms with E-state index in [2.05, 4.69) is 22.3 Å². The molecule has 2 atom stereocenters. The van der Waals surface area contributed by atoms with E-state index in [1.54, 1.807) is 0 Å². The summed E-state index contributed by atoms with van der Waals surface area (Å²) in [5.74, 6) is 0.0203. The Balaban J connectivity index is 1.83. The van der Waals surface area contributed by atoms with Crippen LogP contribution in [-0.2, 0) is 4.79 Å². The zero-order valence-corrected chi connectivity index (χ0v) is 12.8. The average molecular weight is 291 g/mol. The molecule has 1 aromatic carbocycles. The van der Waals surface area contributed by atoms with Crippen LogP contribution in [0.25, 0.3) is 0 Å². The number of nitrogens with zero attached hydrogens (tertiary/aromatic N) is 2. The molecular formula is C16H25N3O2. The zero-order chi connectivity index (χ0) is 15.2. The minimum atomic E-state index is -0.281. The maximum atomic E-state index is 12.0. The van der Waals surface area contributed by atoms with Crippen LogP contribution in [0.1, 0.15) is 18.0 Å². The Morgan fingerprint density at radius 3 is 2.71 bits per heavy atom. The average Bonchev–Trinajstić information content (AvgIpc) is 2.85. The number of β-amino-alcohol motifs (C(OH)–C–C–N with tert-alkyl or cyclic N) is 1. The molecule has 1 saturated heterocycles. The summed E-state index contributed by atoms with van der Waals surface area (Å²) in [6, 6.07) is 10.3. The van der Waals surface area contributed by atoms with Crippen LogP contribution < -0.4 is 5.32 Å². The summed E-state index contributed by atoms with van der Waals surface area (Å²) in [4.78, 5) is 16.1. The smallest absolute Gasteiger partial charge is 0.234 e. The van der Waals surface area contributed by atoms with E-state index >= 15 is 0 Å². The highest BCUT2D eigenvalue weighted by molar-refractivity contribution is 5.78. The molecule has 1 aliphatic rings. The monoisotopic (exact) mass is 291 g/mol. The van der Waals surface area contributed by atoms with Crippen LogP contribution in [0.5, 0.6) is 0 Å². The number of likely N-dealkylation sites (N-methyl/N-ethyl adjacent to an activating group) is 1. The van der Waals surface area contributed by atoms with E-state index in [4.69, 9.17) is 0 Å². The Bertz CT molecular complexity index is 450. The highest BCUT2D eigenvalue weighted by atomic mass is 16.3. The van der Waals surface area contributed by atoms with E-state index in [0.29, 0.717) is 19.6 Å². The highest BCUT2D eigenvalue weighted by Crippen LogP contribution is 2.16. The Labute approximate surface area is 126 Å². The zero-order valence-electron chi connectivity index (χ0n) is 12.8. The first-order valence-corrected chi connectivity index (χ1v) is 7.44. The predicted octanol–water partition coefficient (Wildman–Crippen LogP) is 0.472. The summed E-state index contributed by atoms with van der Waals surface area (Å²) in [5.41, 5.74) is 1.19. The van der Waals surface area contributed by atoms with Gasteiger partial charge in [-0.2, -0.15) is 0 Å². The van der Waals surface area contributed by atoms with Gasteiger partial charge in [0, 0.05) is 19.6 Å². The molecule has 0 bridgehead atoms. The summed E-state index contributed by atoms with van der Waals surface area (Å²) in [6.45, 7) is 2.35. The van der Waals surface area contributed by atoms with Crippen LogP contribution in [-0.4, -0.2) is 67.2 Å². The third-order valence-corrected chi connectivity index (χ3v) is 3.91. The lowest BCUT2D eigenvalue weighted by molar-refractivity contribution is -0.122. The van der Waals surface area contributed by atoms with E-state index in [1.165, 1.54) is 5.56 Å². The van der Waals surface area contributed by atoms with Crippen molar-refractivity contribution in [2.24, 2.45) is 0 Å². The minimum Gasteiger partial charge on any atom is -0.392 e. The third kappa shape index (κ3) is 4.81. The molecule has 1 amide bonds. The number of benzene rings is 1. The molecule has 1 fully saturated rings. The van der Waals surface area contributed by atoms with E-state index < -0.39 is 0 Å². The maximum Gasteiger partial charge on any atom is 0.234 e. The van der Waals surface area contributed by atoms with E-state index in [0.717, 1.165) is 13.0 Å². The van der Waals surface area contributed by atoms with Gasteiger partial charge in [-0.05, 0) is 26.1 Å². The SMILES string of the molecule is CN(C)C(CNC(=O)CN1CCC(O)C1)c1ccccc1. The molecule has 0 radical (unpaired) electrons. The molecule has 21 heavy (non-hydrogen) atoms. The van der Waals surface area contributed by atoms with Gasteiger partial charge in [0.25, 0.3) is 0 Å². The van der Waals surface area contributed by atoms with Gasteiger partial charge in [-0.3, -0.25) is 9.69 Å². The first-order chi connectivity index (χ1) is 10.1. The fraction of sp³-hybridized carbons (Fsp3) is 0.562. The number of likely N-dealkylation sites (tertiary alicyclic amines) is 1. The second kappa shape index (κ2) is 7.54. The lowest BCUT2D eigenvalue weighted by Gasteiger charge is -2.25. The standard InChI is InChI=1S/C16H25N3O2/c1-18(2)15(13-6-4-3-5-7-13)10-17-16(21)12-19-9-8-14(20)11-19/h3-7,14-15,20H,8-12H2,1-2H3,(H,17,21). The van der Waals surface area contributed by atoms with Crippen LogP contribution in [0.2, 0.25) is 0 Å². The first kappa shape index (κ1) is 15.9. The number of hydrogen-bond donors (Lipinski definition) is 2. The third-order valence-electron chi connectivity index (χ3n) is 3.91. The van der Waals surface area contributed by atoms with Crippen molar-refractivity contribution in [1.29, 1.82) is 0 Å². The molecule has 0 aromatic heterocycles. The number of carbonyl (C=O) groups is 1.